The highest BCUT2D eigenvalue weighted by Gasteiger charge is 2.33. The van der Waals surface area contributed by atoms with E-state index in [2.05, 4.69) is 41.1 Å². The summed E-state index contributed by atoms with van der Waals surface area (Å²) < 4.78 is 0. The zero-order valence-electron chi connectivity index (χ0n) is 15.6. The second-order valence-electron chi connectivity index (χ2n) is 7.55. The maximum Gasteiger partial charge on any atom is 0.265 e. The average molecular weight is 370 g/mol. The number of hydrogen-bond donors (Lipinski definition) is 1. The van der Waals surface area contributed by atoms with E-state index >= 15 is 0 Å². The van der Waals surface area contributed by atoms with Gasteiger partial charge in [0.2, 0.25) is 0 Å². The number of nitrogens with one attached hydrogen (secondary N) is 1. The van der Waals surface area contributed by atoms with Gasteiger partial charge in [0.15, 0.2) is 0 Å². The number of hydrogen-bond acceptors (Lipinski definition) is 4. The molecule has 3 heterocycles. The Balaban J connectivity index is 1.42. The molecule has 0 aliphatic carbocycles. The molecular weight excluding hydrogens is 342 g/mol. The van der Waals surface area contributed by atoms with Crippen molar-refractivity contribution in [3.05, 3.63) is 46.2 Å². The lowest BCUT2D eigenvalue weighted by molar-refractivity contribution is 0.103. The molecule has 4 nitrogen and oxygen atoms in total. The Labute approximate surface area is 159 Å². The molecule has 1 aromatic heterocycles. The Kier molecular flexibility index (Phi) is 5.00. The van der Waals surface area contributed by atoms with Gasteiger partial charge >= 0.3 is 0 Å². The van der Waals surface area contributed by atoms with Gasteiger partial charge in [0.1, 0.15) is 0 Å². The van der Waals surface area contributed by atoms with E-state index in [4.69, 9.17) is 0 Å². The Morgan fingerprint density at radius 1 is 1.23 bits per heavy atom. The molecule has 5 heteroatoms. The molecule has 0 bridgehead atoms. The molecular formula is C21H27N3OS. The molecule has 26 heavy (non-hydrogen) atoms. The van der Waals surface area contributed by atoms with Crippen molar-refractivity contribution in [2.45, 2.75) is 45.2 Å². The number of amides is 1. The molecule has 2 aromatic rings. The van der Waals surface area contributed by atoms with Crippen LogP contribution in [0.3, 0.4) is 0 Å². The summed E-state index contributed by atoms with van der Waals surface area (Å²) in [7, 11) is 0. The molecule has 1 amide bonds. The van der Waals surface area contributed by atoms with Crippen molar-refractivity contribution in [1.29, 1.82) is 0 Å². The smallest absolute Gasteiger partial charge is 0.265 e. The van der Waals surface area contributed by atoms with Crippen LogP contribution in [-0.2, 0) is 0 Å². The van der Waals surface area contributed by atoms with E-state index < -0.39 is 0 Å². The lowest BCUT2D eigenvalue weighted by atomic mass is 10.1. The van der Waals surface area contributed by atoms with Gasteiger partial charge in [0.05, 0.1) is 4.88 Å². The molecule has 2 aliphatic rings. The van der Waals surface area contributed by atoms with Crippen LogP contribution in [0.5, 0.6) is 0 Å². The maximum absolute atomic E-state index is 12.2. The summed E-state index contributed by atoms with van der Waals surface area (Å²) in [5.41, 5.74) is 3.39. The Morgan fingerprint density at radius 3 is 2.81 bits per heavy atom. The molecule has 2 atom stereocenters. The summed E-state index contributed by atoms with van der Waals surface area (Å²) in [6.07, 6.45) is 3.93. The first-order chi connectivity index (χ1) is 12.6. The first kappa shape index (κ1) is 17.6. The molecule has 0 saturated carbocycles. The maximum atomic E-state index is 12.2. The van der Waals surface area contributed by atoms with Crippen LogP contribution < -0.4 is 10.2 Å². The van der Waals surface area contributed by atoms with E-state index in [1.54, 1.807) is 0 Å². The molecule has 2 aliphatic heterocycles. The molecule has 0 radical (unpaired) electrons. The summed E-state index contributed by atoms with van der Waals surface area (Å²) in [6, 6.07) is 11.5. The number of benzene rings is 1. The van der Waals surface area contributed by atoms with Crippen LogP contribution in [0.2, 0.25) is 0 Å². The van der Waals surface area contributed by atoms with Gasteiger partial charge in [-0.25, -0.2) is 0 Å². The van der Waals surface area contributed by atoms with Crippen molar-refractivity contribution in [2.75, 3.05) is 29.9 Å². The van der Waals surface area contributed by atoms with E-state index in [1.807, 2.05) is 23.6 Å². The van der Waals surface area contributed by atoms with Gasteiger partial charge in [-0.15, -0.1) is 11.3 Å². The minimum atomic E-state index is -0.0311. The summed E-state index contributed by atoms with van der Waals surface area (Å²) in [5, 5.41) is 4.93. The number of nitrogens with zero attached hydrogens (tertiary/aromatic N) is 2. The number of anilines is 2. The molecule has 4 rings (SSSR count). The summed E-state index contributed by atoms with van der Waals surface area (Å²) >= 11 is 1.47. The first-order valence-electron chi connectivity index (χ1n) is 9.58. The van der Waals surface area contributed by atoms with Gasteiger partial charge in [0, 0.05) is 36.5 Å². The number of rotatable bonds is 4. The SMILES string of the molecule is Cc1cc(NC(=O)c2cccs2)ccc1N1CCC(N2CCCC2C)C1. The molecule has 1 N–H and O–H groups in total. The molecule has 138 valence electrons. The van der Waals surface area contributed by atoms with Crippen LogP contribution in [0, 0.1) is 6.92 Å². The largest absolute Gasteiger partial charge is 0.370 e. The van der Waals surface area contributed by atoms with Gasteiger partial charge in [0.25, 0.3) is 5.91 Å². The fraction of sp³-hybridized carbons (Fsp3) is 0.476. The lowest BCUT2D eigenvalue weighted by Gasteiger charge is -2.29. The Hall–Kier alpha value is -1.85. The van der Waals surface area contributed by atoms with Gasteiger partial charge in [-0.2, -0.15) is 0 Å². The molecule has 2 fully saturated rings. The van der Waals surface area contributed by atoms with Crippen LogP contribution in [0.4, 0.5) is 11.4 Å². The Morgan fingerprint density at radius 2 is 2.12 bits per heavy atom. The van der Waals surface area contributed by atoms with Crippen LogP contribution in [-0.4, -0.2) is 42.5 Å². The van der Waals surface area contributed by atoms with E-state index in [0.717, 1.165) is 29.7 Å². The third-order valence-corrected chi connectivity index (χ3v) is 6.65. The van der Waals surface area contributed by atoms with Crippen molar-refractivity contribution in [3.63, 3.8) is 0 Å². The van der Waals surface area contributed by atoms with Crippen molar-refractivity contribution >= 4 is 28.6 Å². The number of carbonyl (C=O) groups excluding carboxylic acids is 1. The zero-order valence-corrected chi connectivity index (χ0v) is 16.4. The molecule has 2 saturated heterocycles. The standard InChI is InChI=1S/C21H27N3OS/c1-15-13-17(22-21(25)20-6-4-12-26-20)7-8-19(15)23-11-9-18(14-23)24-10-3-5-16(24)2/h4,6-8,12-13,16,18H,3,5,9-11,14H2,1-2H3,(H,22,25). The number of thiophene rings is 1. The predicted molar refractivity (Wildman–Crippen MR) is 109 cm³/mol. The van der Waals surface area contributed by atoms with Gasteiger partial charge in [-0.1, -0.05) is 6.07 Å². The van der Waals surface area contributed by atoms with E-state index in [0.29, 0.717) is 6.04 Å². The van der Waals surface area contributed by atoms with E-state index in [-0.39, 0.29) is 5.91 Å². The van der Waals surface area contributed by atoms with Crippen molar-refractivity contribution < 1.29 is 4.79 Å². The minimum Gasteiger partial charge on any atom is -0.370 e. The predicted octanol–water partition coefficient (Wildman–Crippen LogP) is 4.37. The lowest BCUT2D eigenvalue weighted by Crippen LogP contribution is -2.39. The van der Waals surface area contributed by atoms with Crippen LogP contribution in [0.25, 0.3) is 0 Å². The second-order valence-corrected chi connectivity index (χ2v) is 8.50. The first-order valence-corrected chi connectivity index (χ1v) is 10.5. The number of carbonyl (C=O) groups is 1. The third-order valence-electron chi connectivity index (χ3n) is 5.78. The molecule has 0 spiro atoms. The summed E-state index contributed by atoms with van der Waals surface area (Å²) in [6.45, 7) is 8.00. The van der Waals surface area contributed by atoms with Crippen LogP contribution in [0.15, 0.2) is 35.7 Å². The topological polar surface area (TPSA) is 35.6 Å². The zero-order chi connectivity index (χ0) is 18.1. The van der Waals surface area contributed by atoms with Crippen molar-refractivity contribution in [3.8, 4) is 0 Å². The quantitative estimate of drug-likeness (QED) is 0.869. The normalized spacial score (nSPS) is 23.5. The Bertz CT molecular complexity index is 774. The van der Waals surface area contributed by atoms with Crippen molar-refractivity contribution in [2.24, 2.45) is 0 Å². The highest BCUT2D eigenvalue weighted by Crippen LogP contribution is 2.31. The molecule has 1 aromatic carbocycles. The second kappa shape index (κ2) is 7.41. The number of likely N-dealkylation sites (tertiary alicyclic amines) is 1. The minimum absolute atomic E-state index is 0.0311. The third kappa shape index (κ3) is 3.51. The van der Waals surface area contributed by atoms with Crippen LogP contribution in [0.1, 0.15) is 41.4 Å². The van der Waals surface area contributed by atoms with Gasteiger partial charge in [-0.05, 0) is 74.9 Å². The summed E-state index contributed by atoms with van der Waals surface area (Å²) in [4.78, 5) is 18.2. The van der Waals surface area contributed by atoms with Crippen molar-refractivity contribution in [1.82, 2.24) is 4.90 Å². The fourth-order valence-corrected chi connectivity index (χ4v) is 5.04. The van der Waals surface area contributed by atoms with E-state index in [9.17, 15) is 4.79 Å². The van der Waals surface area contributed by atoms with Gasteiger partial charge < -0.3 is 10.2 Å². The average Bonchev–Trinajstić information content (AvgIpc) is 3.36. The molecule has 2 unspecified atom stereocenters. The van der Waals surface area contributed by atoms with E-state index in [1.165, 1.54) is 48.4 Å². The van der Waals surface area contributed by atoms with Gasteiger partial charge in [-0.3, -0.25) is 9.69 Å². The number of aryl methyl sites for hydroxylation is 1. The summed E-state index contributed by atoms with van der Waals surface area (Å²) in [5.74, 6) is -0.0311. The highest BCUT2D eigenvalue weighted by molar-refractivity contribution is 7.12. The van der Waals surface area contributed by atoms with Crippen LogP contribution >= 0.6 is 11.3 Å². The monoisotopic (exact) mass is 369 g/mol. The highest BCUT2D eigenvalue weighted by atomic mass is 32.1. The fourth-order valence-electron chi connectivity index (χ4n) is 4.42.